The topological polar surface area (TPSA) is 81.7 Å². The number of amides is 1. The van der Waals surface area contributed by atoms with Gasteiger partial charge in [0.15, 0.2) is 9.84 Å². The van der Waals surface area contributed by atoms with Crippen LogP contribution in [0.5, 0.6) is 0 Å². The summed E-state index contributed by atoms with van der Waals surface area (Å²) in [6, 6.07) is 6.11. The van der Waals surface area contributed by atoms with Gasteiger partial charge in [0.05, 0.1) is 10.9 Å². The second-order valence-electron chi connectivity index (χ2n) is 4.74. The van der Waals surface area contributed by atoms with Crippen molar-refractivity contribution in [3.63, 3.8) is 0 Å². The number of nitrogens with one attached hydrogen (secondary N) is 1. The van der Waals surface area contributed by atoms with Gasteiger partial charge in [0.1, 0.15) is 19.5 Å². The average molecular weight is 311 g/mol. The molecule has 0 aromatic heterocycles. The minimum absolute atomic E-state index is 0.140. The molecule has 0 fully saturated rings. The summed E-state index contributed by atoms with van der Waals surface area (Å²) in [5.74, 6) is -0.227. The zero-order valence-corrected chi connectivity index (χ0v) is 12.6. The Balaban J connectivity index is 2.04. The van der Waals surface area contributed by atoms with E-state index in [1.807, 2.05) is 0 Å². The number of carbonyl (C=O) groups is 1. The lowest BCUT2D eigenvalue weighted by Crippen LogP contribution is -2.30. The Morgan fingerprint density at radius 2 is 1.90 bits per heavy atom. The quantitative estimate of drug-likeness (QED) is 0.902. The zero-order valence-electron chi connectivity index (χ0n) is 11.8. The maximum Gasteiger partial charge on any atom is 0.290 e. The van der Waals surface area contributed by atoms with Crippen LogP contribution in [0.25, 0.3) is 0 Å². The fourth-order valence-electron chi connectivity index (χ4n) is 1.84. The minimum atomic E-state index is -3.22. The molecule has 0 radical (unpaired) electrons. The standard InChI is InChI=1S/C14H17NO5S/c1-10(15-14(16)13-9-19-7-8-20-13)11-3-5-12(6-4-11)21(2,17)18/h3-6,9-10H,7-8H2,1-2H3,(H,15,16)/t10-/m0/s1. The Hall–Kier alpha value is -2.02. The van der Waals surface area contributed by atoms with E-state index in [0.29, 0.717) is 13.2 Å². The second kappa shape index (κ2) is 6.17. The number of hydrogen-bond donors (Lipinski definition) is 1. The van der Waals surface area contributed by atoms with Crippen LogP contribution in [0.4, 0.5) is 0 Å². The van der Waals surface area contributed by atoms with Crippen molar-refractivity contribution in [2.45, 2.75) is 17.9 Å². The van der Waals surface area contributed by atoms with Crippen LogP contribution in [0.3, 0.4) is 0 Å². The molecule has 1 aromatic rings. The Kier molecular flexibility index (Phi) is 4.52. The van der Waals surface area contributed by atoms with Gasteiger partial charge in [0.25, 0.3) is 5.91 Å². The summed E-state index contributed by atoms with van der Waals surface area (Å²) in [6.07, 6.45) is 2.44. The zero-order chi connectivity index (χ0) is 15.5. The average Bonchev–Trinajstić information content (AvgIpc) is 2.47. The van der Waals surface area contributed by atoms with E-state index in [0.717, 1.165) is 11.8 Å². The number of hydrogen-bond acceptors (Lipinski definition) is 5. The Labute approximate surface area is 123 Å². The third-order valence-corrected chi connectivity index (χ3v) is 4.16. The lowest BCUT2D eigenvalue weighted by atomic mass is 10.1. The van der Waals surface area contributed by atoms with Crippen LogP contribution < -0.4 is 5.32 Å². The normalized spacial score (nSPS) is 16.2. The van der Waals surface area contributed by atoms with Gasteiger partial charge in [-0.05, 0) is 24.6 Å². The number of carbonyl (C=O) groups excluding carboxylic acids is 1. The van der Waals surface area contributed by atoms with Gasteiger partial charge < -0.3 is 14.8 Å². The summed E-state index contributed by atoms with van der Waals surface area (Å²) < 4.78 is 33.0. The van der Waals surface area contributed by atoms with Gasteiger partial charge in [0, 0.05) is 6.26 Å². The first-order chi connectivity index (χ1) is 9.88. The third-order valence-electron chi connectivity index (χ3n) is 3.03. The van der Waals surface area contributed by atoms with E-state index >= 15 is 0 Å². The summed E-state index contributed by atoms with van der Waals surface area (Å²) in [6.45, 7) is 2.58. The Bertz CT molecular complexity index is 648. The van der Waals surface area contributed by atoms with Crippen molar-refractivity contribution in [1.29, 1.82) is 0 Å². The maximum absolute atomic E-state index is 11.9. The first-order valence-electron chi connectivity index (χ1n) is 6.43. The summed E-state index contributed by atoms with van der Waals surface area (Å²) in [4.78, 5) is 12.2. The van der Waals surface area contributed by atoms with E-state index in [1.165, 1.54) is 18.4 Å². The van der Waals surface area contributed by atoms with E-state index < -0.39 is 9.84 Å². The molecule has 1 aromatic carbocycles. The first kappa shape index (κ1) is 15.4. The van der Waals surface area contributed by atoms with Crippen molar-refractivity contribution in [1.82, 2.24) is 5.32 Å². The smallest absolute Gasteiger partial charge is 0.290 e. The molecule has 0 spiro atoms. The van der Waals surface area contributed by atoms with Gasteiger partial charge >= 0.3 is 0 Å². The van der Waals surface area contributed by atoms with Crippen LogP contribution in [0, 0.1) is 0 Å². The van der Waals surface area contributed by atoms with E-state index in [2.05, 4.69) is 5.32 Å². The van der Waals surface area contributed by atoms with Crippen LogP contribution in [0.2, 0.25) is 0 Å². The highest BCUT2D eigenvalue weighted by Gasteiger charge is 2.18. The molecular weight excluding hydrogens is 294 g/mol. The number of ether oxygens (including phenoxy) is 2. The molecule has 114 valence electrons. The monoisotopic (exact) mass is 311 g/mol. The molecule has 1 heterocycles. The number of sulfone groups is 1. The lowest BCUT2D eigenvalue weighted by Gasteiger charge is -2.18. The minimum Gasteiger partial charge on any atom is -0.494 e. The molecule has 1 N–H and O–H groups in total. The first-order valence-corrected chi connectivity index (χ1v) is 8.32. The fraction of sp³-hybridized carbons (Fsp3) is 0.357. The molecule has 0 aliphatic carbocycles. The molecule has 0 saturated heterocycles. The molecule has 7 heteroatoms. The van der Waals surface area contributed by atoms with Crippen molar-refractivity contribution in [2.24, 2.45) is 0 Å². The molecule has 1 atom stereocenters. The molecule has 6 nitrogen and oxygen atoms in total. The lowest BCUT2D eigenvalue weighted by molar-refractivity contribution is -0.122. The van der Waals surface area contributed by atoms with E-state index in [1.54, 1.807) is 19.1 Å². The summed E-state index contributed by atoms with van der Waals surface area (Å²) in [7, 11) is -3.22. The molecule has 0 saturated carbocycles. The molecule has 1 aliphatic rings. The molecule has 1 amide bonds. The van der Waals surface area contributed by atoms with Crippen LogP contribution in [0.1, 0.15) is 18.5 Å². The largest absolute Gasteiger partial charge is 0.494 e. The third kappa shape index (κ3) is 3.98. The summed E-state index contributed by atoms with van der Waals surface area (Å²) in [5, 5.41) is 2.76. The molecule has 21 heavy (non-hydrogen) atoms. The molecule has 1 aliphatic heterocycles. The molecule has 0 unspecified atom stereocenters. The number of benzene rings is 1. The van der Waals surface area contributed by atoms with Crippen LogP contribution in [-0.2, 0) is 24.1 Å². The SMILES string of the molecule is C[C@H](NC(=O)C1=COCCO1)c1ccc(S(C)(=O)=O)cc1. The molecule has 2 rings (SSSR count). The van der Waals surface area contributed by atoms with Crippen molar-refractivity contribution < 1.29 is 22.7 Å². The van der Waals surface area contributed by atoms with Crippen molar-refractivity contribution in [3.05, 3.63) is 41.9 Å². The van der Waals surface area contributed by atoms with E-state index in [4.69, 9.17) is 9.47 Å². The van der Waals surface area contributed by atoms with Crippen molar-refractivity contribution >= 4 is 15.7 Å². The Morgan fingerprint density at radius 3 is 2.43 bits per heavy atom. The van der Waals surface area contributed by atoms with E-state index in [-0.39, 0.29) is 22.6 Å². The predicted octanol–water partition coefficient (Wildman–Crippen LogP) is 1.16. The molecule has 0 bridgehead atoms. The van der Waals surface area contributed by atoms with Crippen molar-refractivity contribution in [2.75, 3.05) is 19.5 Å². The highest BCUT2D eigenvalue weighted by atomic mass is 32.2. The van der Waals surface area contributed by atoms with Gasteiger partial charge in [-0.25, -0.2) is 8.42 Å². The second-order valence-corrected chi connectivity index (χ2v) is 6.75. The summed E-state index contributed by atoms with van der Waals surface area (Å²) >= 11 is 0. The van der Waals surface area contributed by atoms with Gasteiger partial charge in [-0.3, -0.25) is 4.79 Å². The van der Waals surface area contributed by atoms with Crippen molar-refractivity contribution in [3.8, 4) is 0 Å². The van der Waals surface area contributed by atoms with Gasteiger partial charge in [-0.1, -0.05) is 12.1 Å². The van der Waals surface area contributed by atoms with Crippen LogP contribution in [-0.4, -0.2) is 33.8 Å². The maximum atomic E-state index is 11.9. The highest BCUT2D eigenvalue weighted by molar-refractivity contribution is 7.90. The summed E-state index contributed by atoms with van der Waals surface area (Å²) in [5.41, 5.74) is 0.799. The predicted molar refractivity (Wildman–Crippen MR) is 76.1 cm³/mol. The fourth-order valence-corrected chi connectivity index (χ4v) is 2.47. The van der Waals surface area contributed by atoms with Gasteiger partial charge in [0.2, 0.25) is 5.76 Å². The van der Waals surface area contributed by atoms with Gasteiger partial charge in [-0.15, -0.1) is 0 Å². The highest BCUT2D eigenvalue weighted by Crippen LogP contribution is 2.17. The molecular formula is C14H17NO5S. The van der Waals surface area contributed by atoms with Crippen LogP contribution in [0.15, 0.2) is 41.2 Å². The Morgan fingerprint density at radius 1 is 1.24 bits per heavy atom. The van der Waals surface area contributed by atoms with E-state index in [9.17, 15) is 13.2 Å². The number of rotatable bonds is 4. The van der Waals surface area contributed by atoms with Gasteiger partial charge in [-0.2, -0.15) is 0 Å². The van der Waals surface area contributed by atoms with Crippen LogP contribution >= 0.6 is 0 Å².